The Hall–Kier alpha value is -1.09. The average Bonchev–Trinajstić information content (AvgIpc) is 2.28. The van der Waals surface area contributed by atoms with Crippen molar-refractivity contribution in [3.63, 3.8) is 0 Å². The Balaban J connectivity index is 2.55. The summed E-state index contributed by atoms with van der Waals surface area (Å²) in [5, 5.41) is 10.2. The lowest BCUT2D eigenvalue weighted by molar-refractivity contribution is -0.149. The molecule has 0 heterocycles. The highest BCUT2D eigenvalue weighted by atomic mass is 16.5. The zero-order valence-electron chi connectivity index (χ0n) is 11.6. The van der Waals surface area contributed by atoms with E-state index in [9.17, 15) is 9.90 Å². The van der Waals surface area contributed by atoms with E-state index in [0.717, 1.165) is 24.8 Å². The monoisotopic (exact) mass is 252 g/mol. The van der Waals surface area contributed by atoms with Crippen LogP contribution in [-0.4, -0.2) is 23.3 Å². The van der Waals surface area contributed by atoms with Gasteiger partial charge in [-0.15, -0.1) is 0 Å². The lowest BCUT2D eigenvalue weighted by Gasteiger charge is -2.36. The van der Waals surface area contributed by atoms with Crippen LogP contribution in [0.1, 0.15) is 40.0 Å². The molecule has 0 radical (unpaired) electrons. The van der Waals surface area contributed by atoms with Gasteiger partial charge < -0.3 is 9.84 Å². The topological polar surface area (TPSA) is 46.5 Å². The quantitative estimate of drug-likeness (QED) is 0.475. The largest absolute Gasteiger partial charge is 0.459 e. The van der Waals surface area contributed by atoms with E-state index in [1.165, 1.54) is 0 Å². The molecule has 3 heteroatoms. The highest BCUT2D eigenvalue weighted by Gasteiger charge is 2.34. The maximum absolute atomic E-state index is 11.5. The summed E-state index contributed by atoms with van der Waals surface area (Å²) in [7, 11) is 0. The van der Waals surface area contributed by atoms with Crippen LogP contribution in [0.15, 0.2) is 24.3 Å². The van der Waals surface area contributed by atoms with E-state index in [4.69, 9.17) is 4.74 Å². The molecule has 0 bridgehead atoms. The summed E-state index contributed by atoms with van der Waals surface area (Å²) in [6.07, 6.45) is 1.90. The third-order valence-electron chi connectivity index (χ3n) is 3.81. The number of esters is 1. The summed E-state index contributed by atoms with van der Waals surface area (Å²) < 4.78 is 5.30. The standard InChI is InChI=1S/C15H24O3/c1-9(2)12-6-7-13(14(16)8-12)11(5)18-15(17)10(3)4/h11-14,16H,1,3,6-8H2,2,4-5H3. The number of hydrogen-bond acceptors (Lipinski definition) is 3. The number of aliphatic hydroxyl groups excluding tert-OH is 1. The molecule has 0 aromatic heterocycles. The van der Waals surface area contributed by atoms with Crippen molar-refractivity contribution in [2.45, 2.75) is 52.2 Å². The zero-order valence-corrected chi connectivity index (χ0v) is 11.6. The Morgan fingerprint density at radius 1 is 1.33 bits per heavy atom. The van der Waals surface area contributed by atoms with Crippen molar-refractivity contribution in [3.05, 3.63) is 24.3 Å². The fraction of sp³-hybridized carbons (Fsp3) is 0.667. The van der Waals surface area contributed by atoms with Gasteiger partial charge in [0, 0.05) is 11.5 Å². The molecule has 1 saturated carbocycles. The molecule has 1 rings (SSSR count). The second-order valence-corrected chi connectivity index (χ2v) is 5.48. The molecule has 0 aromatic carbocycles. The van der Waals surface area contributed by atoms with E-state index in [1.807, 2.05) is 13.8 Å². The van der Waals surface area contributed by atoms with Crippen LogP contribution in [0.4, 0.5) is 0 Å². The molecule has 18 heavy (non-hydrogen) atoms. The van der Waals surface area contributed by atoms with Crippen LogP contribution in [0.5, 0.6) is 0 Å². The summed E-state index contributed by atoms with van der Waals surface area (Å²) in [4.78, 5) is 11.5. The average molecular weight is 252 g/mol. The summed E-state index contributed by atoms with van der Waals surface area (Å²) >= 11 is 0. The Labute approximate surface area is 110 Å². The van der Waals surface area contributed by atoms with E-state index in [1.54, 1.807) is 6.92 Å². The third-order valence-corrected chi connectivity index (χ3v) is 3.81. The van der Waals surface area contributed by atoms with Crippen molar-refractivity contribution in [3.8, 4) is 0 Å². The van der Waals surface area contributed by atoms with Crippen molar-refractivity contribution in [1.82, 2.24) is 0 Å². The van der Waals surface area contributed by atoms with Gasteiger partial charge >= 0.3 is 5.97 Å². The van der Waals surface area contributed by atoms with E-state index in [-0.39, 0.29) is 18.0 Å². The van der Waals surface area contributed by atoms with Gasteiger partial charge in [0.1, 0.15) is 6.10 Å². The number of aliphatic hydroxyl groups is 1. The second kappa shape index (κ2) is 6.19. The van der Waals surface area contributed by atoms with Crippen molar-refractivity contribution in [2.24, 2.45) is 11.8 Å². The molecule has 0 aliphatic heterocycles. The molecule has 0 aromatic rings. The number of ether oxygens (including phenoxy) is 1. The minimum atomic E-state index is -0.423. The first-order valence-electron chi connectivity index (χ1n) is 6.52. The molecule has 0 amide bonds. The summed E-state index contributed by atoms with van der Waals surface area (Å²) in [5.74, 6) is 0.0286. The smallest absolute Gasteiger partial charge is 0.333 e. The molecule has 1 aliphatic carbocycles. The molecule has 0 spiro atoms. The predicted octanol–water partition coefficient (Wildman–Crippen LogP) is 2.85. The fourth-order valence-electron chi connectivity index (χ4n) is 2.52. The van der Waals surface area contributed by atoms with Crippen molar-refractivity contribution >= 4 is 5.97 Å². The Morgan fingerprint density at radius 3 is 2.39 bits per heavy atom. The number of carbonyl (C=O) groups is 1. The first-order chi connectivity index (χ1) is 8.32. The summed E-state index contributed by atoms with van der Waals surface area (Å²) in [6, 6.07) is 0. The van der Waals surface area contributed by atoms with Gasteiger partial charge in [0.2, 0.25) is 0 Å². The van der Waals surface area contributed by atoms with Gasteiger partial charge in [0.15, 0.2) is 0 Å². The van der Waals surface area contributed by atoms with E-state index < -0.39 is 6.10 Å². The van der Waals surface area contributed by atoms with Gasteiger partial charge in [-0.2, -0.15) is 0 Å². The fourth-order valence-corrected chi connectivity index (χ4v) is 2.52. The lowest BCUT2D eigenvalue weighted by Crippen LogP contribution is -2.38. The maximum Gasteiger partial charge on any atom is 0.333 e. The SMILES string of the molecule is C=C(C)C(=O)OC(C)C1CCC(C(=C)C)CC1O. The van der Waals surface area contributed by atoms with E-state index in [0.29, 0.717) is 11.5 Å². The van der Waals surface area contributed by atoms with Crippen LogP contribution < -0.4 is 0 Å². The molecule has 0 saturated heterocycles. The maximum atomic E-state index is 11.5. The third kappa shape index (κ3) is 3.70. The van der Waals surface area contributed by atoms with Crippen LogP contribution in [0.2, 0.25) is 0 Å². The number of carbonyl (C=O) groups excluding carboxylic acids is 1. The Kier molecular flexibility index (Phi) is 5.15. The van der Waals surface area contributed by atoms with Crippen LogP contribution in [-0.2, 0) is 9.53 Å². The molecule has 102 valence electrons. The zero-order chi connectivity index (χ0) is 13.9. The lowest BCUT2D eigenvalue weighted by atomic mass is 9.75. The van der Waals surface area contributed by atoms with Gasteiger partial charge in [0.05, 0.1) is 6.10 Å². The van der Waals surface area contributed by atoms with Crippen molar-refractivity contribution < 1.29 is 14.6 Å². The number of allylic oxidation sites excluding steroid dienone is 1. The molecule has 4 atom stereocenters. The van der Waals surface area contributed by atoms with Crippen LogP contribution in [0.3, 0.4) is 0 Å². The van der Waals surface area contributed by atoms with Gasteiger partial charge in [0.25, 0.3) is 0 Å². The Bertz CT molecular complexity index is 346. The molecule has 1 fully saturated rings. The van der Waals surface area contributed by atoms with Gasteiger partial charge in [-0.3, -0.25) is 0 Å². The molecule has 1 aliphatic rings. The minimum Gasteiger partial charge on any atom is -0.459 e. The van der Waals surface area contributed by atoms with Crippen LogP contribution >= 0.6 is 0 Å². The van der Waals surface area contributed by atoms with Gasteiger partial charge in [-0.05, 0) is 46.0 Å². The molecule has 3 nitrogen and oxygen atoms in total. The van der Waals surface area contributed by atoms with Crippen LogP contribution in [0.25, 0.3) is 0 Å². The first kappa shape index (κ1) is 15.0. The summed E-state index contributed by atoms with van der Waals surface area (Å²) in [6.45, 7) is 13.0. The molecular formula is C15H24O3. The van der Waals surface area contributed by atoms with Crippen molar-refractivity contribution in [1.29, 1.82) is 0 Å². The summed E-state index contributed by atoms with van der Waals surface area (Å²) in [5.41, 5.74) is 1.52. The number of hydrogen-bond donors (Lipinski definition) is 1. The van der Waals surface area contributed by atoms with Gasteiger partial charge in [-0.25, -0.2) is 4.79 Å². The molecule has 1 N–H and O–H groups in total. The van der Waals surface area contributed by atoms with Crippen molar-refractivity contribution in [2.75, 3.05) is 0 Å². The molecule has 4 unspecified atom stereocenters. The Morgan fingerprint density at radius 2 is 1.94 bits per heavy atom. The predicted molar refractivity (Wildman–Crippen MR) is 72.0 cm³/mol. The highest BCUT2D eigenvalue weighted by molar-refractivity contribution is 5.87. The highest BCUT2D eigenvalue weighted by Crippen LogP contribution is 2.35. The minimum absolute atomic E-state index is 0.0175. The van der Waals surface area contributed by atoms with Crippen LogP contribution in [0, 0.1) is 11.8 Å². The second-order valence-electron chi connectivity index (χ2n) is 5.48. The molecular weight excluding hydrogens is 228 g/mol. The van der Waals surface area contributed by atoms with E-state index in [2.05, 4.69) is 13.2 Å². The van der Waals surface area contributed by atoms with E-state index >= 15 is 0 Å². The van der Waals surface area contributed by atoms with Gasteiger partial charge in [-0.1, -0.05) is 18.7 Å². The normalized spacial score (nSPS) is 29.4. The number of rotatable bonds is 4. The first-order valence-corrected chi connectivity index (χ1v) is 6.52.